The number of aromatic nitrogens is 5. The molecule has 224 valence electrons. The molecule has 1 aromatic carbocycles. The summed E-state index contributed by atoms with van der Waals surface area (Å²) in [6, 6.07) is 17.7. The second kappa shape index (κ2) is 10.7. The lowest BCUT2D eigenvalue weighted by Gasteiger charge is -2.40. The zero-order valence-corrected chi connectivity index (χ0v) is 25.2. The molecule has 44 heavy (non-hydrogen) atoms. The molecule has 7 rings (SSSR count). The van der Waals surface area contributed by atoms with Gasteiger partial charge in [-0.05, 0) is 43.9 Å². The molecular weight excluding hydrogens is 576 g/mol. The first-order chi connectivity index (χ1) is 21.2. The van der Waals surface area contributed by atoms with Gasteiger partial charge < -0.3 is 16.0 Å². The number of nitrogens with one attached hydrogen (secondary N) is 1. The van der Waals surface area contributed by atoms with Gasteiger partial charge in [0.1, 0.15) is 10.7 Å². The molecule has 12 heteroatoms. The lowest BCUT2D eigenvalue weighted by molar-refractivity contribution is -0.114. The zero-order chi connectivity index (χ0) is 30.6. The number of hydrogen-bond donors (Lipinski definition) is 2. The number of carbonyl (C=O) groups excluding carboxylic acids is 1. The van der Waals surface area contributed by atoms with Crippen LogP contribution in [-0.4, -0.2) is 57.2 Å². The van der Waals surface area contributed by atoms with E-state index in [0.717, 1.165) is 41.0 Å². The number of fused-ring (bicyclic) bond motifs is 3. The Labute approximate surface area is 255 Å². The molecule has 0 saturated carbocycles. The van der Waals surface area contributed by atoms with E-state index in [4.69, 9.17) is 10.7 Å². The maximum Gasteiger partial charge on any atom is 0.221 e. The highest BCUT2D eigenvalue weighted by Gasteiger charge is 2.44. The fourth-order valence-corrected chi connectivity index (χ4v) is 7.91. The molecule has 2 fully saturated rings. The number of benzene rings is 1. The lowest BCUT2D eigenvalue weighted by atomic mass is 9.87. The molecule has 3 atom stereocenters. The minimum atomic E-state index is -3.73. The van der Waals surface area contributed by atoms with Crippen LogP contribution in [0.5, 0.6) is 0 Å². The van der Waals surface area contributed by atoms with Crippen LogP contribution in [0.3, 0.4) is 0 Å². The van der Waals surface area contributed by atoms with E-state index in [1.54, 1.807) is 24.7 Å². The quantitative estimate of drug-likeness (QED) is 0.279. The lowest BCUT2D eigenvalue weighted by Crippen LogP contribution is -2.43. The van der Waals surface area contributed by atoms with E-state index < -0.39 is 9.84 Å². The van der Waals surface area contributed by atoms with E-state index in [0.29, 0.717) is 29.9 Å². The Balaban J connectivity index is 1.28. The van der Waals surface area contributed by atoms with Crippen molar-refractivity contribution in [3.63, 3.8) is 0 Å². The SMILES string of the molecule is CC(=O)Nc1cccnc1N1[C@@H]2CC[C@H]1C[C@@H](c1nc3c(-c4ccc(-c5ccccc5)nc4)cnn3c(N)c1S(C)(=O)=O)C2. The van der Waals surface area contributed by atoms with Crippen molar-refractivity contribution in [1.29, 1.82) is 0 Å². The van der Waals surface area contributed by atoms with E-state index in [2.05, 4.69) is 25.3 Å². The van der Waals surface area contributed by atoms with E-state index in [1.807, 2.05) is 48.5 Å². The van der Waals surface area contributed by atoms with Crippen LogP contribution in [-0.2, 0) is 14.6 Å². The van der Waals surface area contributed by atoms with Crippen molar-refractivity contribution in [2.75, 3.05) is 22.2 Å². The highest BCUT2D eigenvalue weighted by atomic mass is 32.2. The van der Waals surface area contributed by atoms with Crippen LogP contribution in [0.1, 0.15) is 44.2 Å². The van der Waals surface area contributed by atoms with Crippen LogP contribution >= 0.6 is 0 Å². The third kappa shape index (κ3) is 4.84. The zero-order valence-electron chi connectivity index (χ0n) is 24.4. The van der Waals surface area contributed by atoms with Crippen LogP contribution in [0.15, 0.2) is 78.1 Å². The maximum atomic E-state index is 13.2. The number of rotatable bonds is 6. The van der Waals surface area contributed by atoms with Crippen LogP contribution in [0.25, 0.3) is 28.0 Å². The highest BCUT2D eigenvalue weighted by Crippen LogP contribution is 2.47. The largest absolute Gasteiger partial charge is 0.382 e. The Bertz CT molecular complexity index is 1980. The second-order valence-electron chi connectivity index (χ2n) is 11.6. The number of carbonyl (C=O) groups is 1. The molecule has 2 bridgehead atoms. The first kappa shape index (κ1) is 28.0. The number of piperidine rings is 1. The summed E-state index contributed by atoms with van der Waals surface area (Å²) < 4.78 is 27.8. The predicted molar refractivity (Wildman–Crippen MR) is 169 cm³/mol. The van der Waals surface area contributed by atoms with E-state index in [1.165, 1.54) is 17.7 Å². The Kier molecular flexibility index (Phi) is 6.80. The normalized spacial score (nSPS) is 19.8. The number of hydrogen-bond acceptors (Lipinski definition) is 9. The molecule has 2 aliphatic heterocycles. The van der Waals surface area contributed by atoms with Gasteiger partial charge in [-0.2, -0.15) is 9.61 Å². The van der Waals surface area contributed by atoms with Gasteiger partial charge in [0.2, 0.25) is 5.91 Å². The number of nitrogens with zero attached hydrogens (tertiary/aromatic N) is 6. The summed E-state index contributed by atoms with van der Waals surface area (Å²) in [6.45, 7) is 1.48. The number of amides is 1. The number of anilines is 3. The molecule has 3 N–H and O–H groups in total. The van der Waals surface area contributed by atoms with Gasteiger partial charge in [0, 0.05) is 60.3 Å². The van der Waals surface area contributed by atoms with Crippen molar-refractivity contribution in [3.05, 3.63) is 78.9 Å². The molecular formula is C32H32N8O3S. The molecule has 0 radical (unpaired) electrons. The summed E-state index contributed by atoms with van der Waals surface area (Å²) >= 11 is 0. The molecule has 6 heterocycles. The van der Waals surface area contributed by atoms with E-state index in [-0.39, 0.29) is 34.6 Å². The number of pyridine rings is 2. The molecule has 4 aromatic heterocycles. The first-order valence-electron chi connectivity index (χ1n) is 14.6. The summed E-state index contributed by atoms with van der Waals surface area (Å²) in [7, 11) is -3.73. The van der Waals surface area contributed by atoms with Crippen molar-refractivity contribution >= 4 is 38.7 Å². The van der Waals surface area contributed by atoms with Gasteiger partial charge in [0.05, 0.1) is 23.3 Å². The Morgan fingerprint density at radius 2 is 1.70 bits per heavy atom. The Hall–Kier alpha value is -4.84. The fraction of sp³-hybridized carbons (Fsp3) is 0.281. The van der Waals surface area contributed by atoms with Gasteiger partial charge in [-0.1, -0.05) is 36.4 Å². The van der Waals surface area contributed by atoms with Gasteiger partial charge in [-0.25, -0.2) is 18.4 Å². The summed E-state index contributed by atoms with van der Waals surface area (Å²) in [6.07, 6.45) is 9.55. The predicted octanol–water partition coefficient (Wildman–Crippen LogP) is 4.71. The maximum absolute atomic E-state index is 13.2. The Morgan fingerprint density at radius 3 is 2.36 bits per heavy atom. The minimum absolute atomic E-state index is 0.0341. The minimum Gasteiger partial charge on any atom is -0.382 e. The molecule has 1 amide bonds. The van der Waals surface area contributed by atoms with Gasteiger partial charge in [0.15, 0.2) is 21.3 Å². The van der Waals surface area contributed by atoms with Crippen molar-refractivity contribution in [3.8, 4) is 22.4 Å². The number of nitrogens with two attached hydrogens (primary N) is 1. The van der Waals surface area contributed by atoms with Crippen molar-refractivity contribution in [2.24, 2.45) is 0 Å². The fourth-order valence-electron chi connectivity index (χ4n) is 6.85. The van der Waals surface area contributed by atoms with Crippen LogP contribution in [0.4, 0.5) is 17.3 Å². The smallest absolute Gasteiger partial charge is 0.221 e. The Morgan fingerprint density at radius 1 is 0.955 bits per heavy atom. The van der Waals surface area contributed by atoms with Crippen LogP contribution < -0.4 is 16.0 Å². The topological polar surface area (TPSA) is 148 Å². The summed E-state index contributed by atoms with van der Waals surface area (Å²) in [5.41, 5.74) is 11.6. The van der Waals surface area contributed by atoms with Gasteiger partial charge in [-0.3, -0.25) is 9.78 Å². The van der Waals surface area contributed by atoms with Gasteiger partial charge in [-0.15, -0.1) is 0 Å². The third-order valence-electron chi connectivity index (χ3n) is 8.64. The van der Waals surface area contributed by atoms with E-state index >= 15 is 0 Å². The second-order valence-corrected chi connectivity index (χ2v) is 13.5. The van der Waals surface area contributed by atoms with Crippen LogP contribution in [0, 0.1) is 0 Å². The number of sulfone groups is 1. The average molecular weight is 609 g/mol. The summed E-state index contributed by atoms with van der Waals surface area (Å²) in [5, 5.41) is 7.35. The number of nitrogen functional groups attached to an aromatic ring is 1. The summed E-state index contributed by atoms with van der Waals surface area (Å²) in [4.78, 5) is 28.5. The molecule has 5 aromatic rings. The molecule has 0 unspecified atom stereocenters. The monoisotopic (exact) mass is 608 g/mol. The van der Waals surface area contributed by atoms with Gasteiger partial charge >= 0.3 is 0 Å². The molecule has 2 aliphatic rings. The average Bonchev–Trinajstić information content (AvgIpc) is 3.54. The third-order valence-corrected chi connectivity index (χ3v) is 9.80. The van der Waals surface area contributed by atoms with Crippen LogP contribution in [0.2, 0.25) is 0 Å². The molecule has 11 nitrogen and oxygen atoms in total. The van der Waals surface area contributed by atoms with Crippen molar-refractivity contribution in [2.45, 2.75) is 55.5 Å². The standard InChI is InChI=1S/C32H32N8O3S/c1-19(41)37-27-9-6-14-34-32(27)39-23-11-12-24(39)16-22(15-23)28-29(44(2,42)43)30(33)40-31(38-28)25(18-36-40)21-10-13-26(35-17-21)20-7-4-3-5-8-20/h3-10,13-14,17-18,22-24H,11-12,15-16,33H2,1-2H3,(H,37,41)/t22-,23+,24-. The van der Waals surface area contributed by atoms with Crippen molar-refractivity contribution in [1.82, 2.24) is 24.6 Å². The van der Waals surface area contributed by atoms with Crippen molar-refractivity contribution < 1.29 is 13.2 Å². The first-order valence-corrected chi connectivity index (χ1v) is 16.5. The highest BCUT2D eigenvalue weighted by molar-refractivity contribution is 7.91. The molecule has 0 spiro atoms. The summed E-state index contributed by atoms with van der Waals surface area (Å²) in [5.74, 6) is 0.494. The molecule has 2 saturated heterocycles. The van der Waals surface area contributed by atoms with Gasteiger partial charge in [0.25, 0.3) is 0 Å². The molecule has 0 aliphatic carbocycles. The van der Waals surface area contributed by atoms with E-state index in [9.17, 15) is 13.2 Å².